The van der Waals surface area contributed by atoms with Crippen LogP contribution in [-0.4, -0.2) is 23.4 Å². The minimum atomic E-state index is 0.370. The molecule has 0 spiro atoms. The van der Waals surface area contributed by atoms with Gasteiger partial charge in [0.1, 0.15) is 0 Å². The van der Waals surface area contributed by atoms with Gasteiger partial charge < -0.3 is 4.90 Å². The number of piperidine rings is 1. The highest BCUT2D eigenvalue weighted by Gasteiger charge is 2.38. The average molecular weight is 215 g/mol. The van der Waals surface area contributed by atoms with Crippen molar-refractivity contribution >= 4 is 5.91 Å². The molecule has 2 heteroatoms. The summed E-state index contributed by atoms with van der Waals surface area (Å²) in [6.07, 6.45) is 4.13. The summed E-state index contributed by atoms with van der Waals surface area (Å²) in [5.41, 5.74) is 1.41. The Labute approximate surface area is 96.3 Å². The molecule has 0 aliphatic carbocycles. The largest absolute Gasteiger partial charge is 0.339 e. The van der Waals surface area contributed by atoms with E-state index in [0.29, 0.717) is 17.9 Å². The van der Waals surface area contributed by atoms with E-state index in [1.54, 1.807) is 0 Å². The first-order valence-corrected chi connectivity index (χ1v) is 6.20. The van der Waals surface area contributed by atoms with Gasteiger partial charge in [0.25, 0.3) is 0 Å². The van der Waals surface area contributed by atoms with Crippen LogP contribution in [0.25, 0.3) is 0 Å². The number of fused-ring (bicyclic) bond motifs is 1. The fraction of sp³-hybridized carbons (Fsp3) is 0.500. The molecule has 16 heavy (non-hydrogen) atoms. The van der Waals surface area contributed by atoms with Gasteiger partial charge in [-0.3, -0.25) is 4.79 Å². The molecule has 0 radical (unpaired) electrons. The maximum atomic E-state index is 11.8. The first-order valence-electron chi connectivity index (χ1n) is 6.20. The molecule has 2 nitrogen and oxygen atoms in total. The standard InChI is InChI=1S/C14H17NO/c16-14-9-8-12(11-5-2-1-3-6-11)13-7-4-10-15(13)14/h1-3,5-6,12-13H,4,7-10H2. The van der Waals surface area contributed by atoms with E-state index in [1.807, 2.05) is 0 Å². The van der Waals surface area contributed by atoms with Crippen molar-refractivity contribution in [3.8, 4) is 0 Å². The van der Waals surface area contributed by atoms with E-state index in [1.165, 1.54) is 18.4 Å². The van der Waals surface area contributed by atoms with Crippen molar-refractivity contribution in [3.63, 3.8) is 0 Å². The Morgan fingerprint density at radius 1 is 1.12 bits per heavy atom. The normalized spacial score (nSPS) is 29.2. The van der Waals surface area contributed by atoms with Crippen LogP contribution in [0.4, 0.5) is 0 Å². The van der Waals surface area contributed by atoms with Crippen LogP contribution in [-0.2, 0) is 4.79 Å². The van der Waals surface area contributed by atoms with Gasteiger partial charge in [-0.2, -0.15) is 0 Å². The Kier molecular flexibility index (Phi) is 2.43. The van der Waals surface area contributed by atoms with Crippen LogP contribution in [0.3, 0.4) is 0 Å². The molecule has 1 aromatic rings. The molecule has 1 aromatic carbocycles. The Balaban J connectivity index is 1.89. The molecule has 2 atom stereocenters. The number of carbonyl (C=O) groups is 1. The van der Waals surface area contributed by atoms with E-state index in [4.69, 9.17) is 0 Å². The predicted molar refractivity (Wildman–Crippen MR) is 63.2 cm³/mol. The molecule has 2 heterocycles. The van der Waals surface area contributed by atoms with Gasteiger partial charge in [0.05, 0.1) is 0 Å². The van der Waals surface area contributed by atoms with Gasteiger partial charge in [-0.1, -0.05) is 30.3 Å². The van der Waals surface area contributed by atoms with Crippen molar-refractivity contribution < 1.29 is 4.79 Å². The Morgan fingerprint density at radius 3 is 2.75 bits per heavy atom. The second-order valence-corrected chi connectivity index (χ2v) is 4.85. The van der Waals surface area contributed by atoms with Gasteiger partial charge in [0.15, 0.2) is 0 Å². The van der Waals surface area contributed by atoms with Gasteiger partial charge >= 0.3 is 0 Å². The maximum absolute atomic E-state index is 11.8. The minimum Gasteiger partial charge on any atom is -0.339 e. The van der Waals surface area contributed by atoms with Crippen LogP contribution in [0.15, 0.2) is 30.3 Å². The zero-order valence-corrected chi connectivity index (χ0v) is 9.43. The van der Waals surface area contributed by atoms with Gasteiger partial charge in [-0.05, 0) is 24.8 Å². The molecule has 2 saturated heterocycles. The third-order valence-corrected chi connectivity index (χ3v) is 3.98. The molecule has 0 bridgehead atoms. The summed E-state index contributed by atoms with van der Waals surface area (Å²) in [5.74, 6) is 0.941. The molecule has 1 amide bonds. The van der Waals surface area contributed by atoms with Gasteiger partial charge in [-0.25, -0.2) is 0 Å². The lowest BCUT2D eigenvalue weighted by Crippen LogP contribution is -2.43. The summed E-state index contributed by atoms with van der Waals surface area (Å²) in [6.45, 7) is 0.979. The van der Waals surface area contributed by atoms with Gasteiger partial charge in [0.2, 0.25) is 5.91 Å². The van der Waals surface area contributed by atoms with Crippen molar-refractivity contribution in [2.75, 3.05) is 6.54 Å². The van der Waals surface area contributed by atoms with E-state index in [-0.39, 0.29) is 0 Å². The first kappa shape index (κ1) is 9.88. The van der Waals surface area contributed by atoms with Crippen molar-refractivity contribution in [1.82, 2.24) is 4.90 Å². The Hall–Kier alpha value is -1.31. The average Bonchev–Trinajstić information content (AvgIpc) is 2.81. The summed E-state index contributed by atoms with van der Waals surface area (Å²) in [5, 5.41) is 0. The topological polar surface area (TPSA) is 20.3 Å². The number of hydrogen-bond acceptors (Lipinski definition) is 1. The number of carbonyl (C=O) groups excluding carboxylic acids is 1. The van der Waals surface area contributed by atoms with E-state index in [2.05, 4.69) is 35.2 Å². The minimum absolute atomic E-state index is 0.370. The number of hydrogen-bond donors (Lipinski definition) is 0. The summed E-state index contributed by atoms with van der Waals surface area (Å²) < 4.78 is 0. The van der Waals surface area contributed by atoms with E-state index in [0.717, 1.165) is 19.4 Å². The Bertz CT molecular complexity index is 387. The molecule has 84 valence electrons. The SMILES string of the molecule is O=C1CCC(c2ccccc2)C2CCCN12. The number of amides is 1. The maximum Gasteiger partial charge on any atom is 0.222 e. The highest BCUT2D eigenvalue weighted by molar-refractivity contribution is 5.78. The van der Waals surface area contributed by atoms with Crippen LogP contribution < -0.4 is 0 Å². The summed E-state index contributed by atoms with van der Waals surface area (Å²) in [6, 6.07) is 11.2. The highest BCUT2D eigenvalue weighted by atomic mass is 16.2. The number of rotatable bonds is 1. The fourth-order valence-electron chi connectivity index (χ4n) is 3.22. The predicted octanol–water partition coefficient (Wildman–Crippen LogP) is 2.56. The van der Waals surface area contributed by atoms with Crippen molar-refractivity contribution in [3.05, 3.63) is 35.9 Å². The van der Waals surface area contributed by atoms with Crippen LogP contribution in [0.1, 0.15) is 37.2 Å². The smallest absolute Gasteiger partial charge is 0.222 e. The molecule has 0 aromatic heterocycles. The van der Waals surface area contributed by atoms with Crippen molar-refractivity contribution in [1.29, 1.82) is 0 Å². The molecule has 2 aliphatic heterocycles. The molecular weight excluding hydrogens is 198 g/mol. The van der Waals surface area contributed by atoms with E-state index >= 15 is 0 Å². The molecule has 2 unspecified atom stereocenters. The van der Waals surface area contributed by atoms with Crippen LogP contribution in [0.2, 0.25) is 0 Å². The summed E-state index contributed by atoms with van der Waals surface area (Å²) in [7, 11) is 0. The first-order chi connectivity index (χ1) is 7.86. The second kappa shape index (κ2) is 3.93. The molecule has 0 saturated carbocycles. The quantitative estimate of drug-likeness (QED) is 0.705. The third kappa shape index (κ3) is 1.53. The number of benzene rings is 1. The summed E-state index contributed by atoms with van der Waals surface area (Å²) >= 11 is 0. The van der Waals surface area contributed by atoms with E-state index in [9.17, 15) is 4.79 Å². The number of nitrogens with zero attached hydrogens (tertiary/aromatic N) is 1. The Morgan fingerprint density at radius 2 is 1.94 bits per heavy atom. The lowest BCUT2D eigenvalue weighted by atomic mass is 9.83. The lowest BCUT2D eigenvalue weighted by Gasteiger charge is -2.36. The molecular formula is C14H17NO. The van der Waals surface area contributed by atoms with Crippen molar-refractivity contribution in [2.45, 2.75) is 37.6 Å². The van der Waals surface area contributed by atoms with Crippen LogP contribution in [0.5, 0.6) is 0 Å². The second-order valence-electron chi connectivity index (χ2n) is 4.85. The van der Waals surface area contributed by atoms with Crippen LogP contribution in [0, 0.1) is 0 Å². The molecule has 0 N–H and O–H groups in total. The highest BCUT2D eigenvalue weighted by Crippen LogP contribution is 2.38. The molecule has 2 aliphatic rings. The van der Waals surface area contributed by atoms with Crippen molar-refractivity contribution in [2.24, 2.45) is 0 Å². The fourth-order valence-corrected chi connectivity index (χ4v) is 3.22. The molecule has 3 rings (SSSR count). The van der Waals surface area contributed by atoms with Gasteiger partial charge in [-0.15, -0.1) is 0 Å². The third-order valence-electron chi connectivity index (χ3n) is 3.98. The van der Waals surface area contributed by atoms with E-state index < -0.39 is 0 Å². The van der Waals surface area contributed by atoms with Gasteiger partial charge in [0, 0.05) is 24.9 Å². The molecule has 2 fully saturated rings. The monoisotopic (exact) mass is 215 g/mol. The van der Waals surface area contributed by atoms with Crippen LogP contribution >= 0.6 is 0 Å². The summed E-state index contributed by atoms with van der Waals surface area (Å²) in [4.78, 5) is 13.9. The zero-order valence-electron chi connectivity index (χ0n) is 9.43. The zero-order chi connectivity index (χ0) is 11.0. The lowest BCUT2D eigenvalue weighted by molar-refractivity contribution is -0.135.